The summed E-state index contributed by atoms with van der Waals surface area (Å²) < 4.78 is 0. The van der Waals surface area contributed by atoms with Gasteiger partial charge in [0.2, 0.25) is 5.91 Å². The third-order valence-electron chi connectivity index (χ3n) is 1.80. The number of nitrogens with zero attached hydrogens (tertiary/aromatic N) is 1. The van der Waals surface area contributed by atoms with Crippen molar-refractivity contribution < 1.29 is 4.79 Å². The Morgan fingerprint density at radius 2 is 2.15 bits per heavy atom. The molecule has 13 heavy (non-hydrogen) atoms. The second kappa shape index (κ2) is 4.69. The van der Waals surface area contributed by atoms with Gasteiger partial charge in [-0.15, -0.1) is 0 Å². The van der Waals surface area contributed by atoms with Gasteiger partial charge in [-0.2, -0.15) is 0 Å². The predicted octanol–water partition coefficient (Wildman–Crippen LogP) is -0.681. The van der Waals surface area contributed by atoms with Crippen LogP contribution in [0.25, 0.3) is 0 Å². The Hall–Kier alpha value is -1.26. The van der Waals surface area contributed by atoms with Crippen molar-refractivity contribution in [1.82, 2.24) is 5.32 Å². The molecule has 1 fully saturated rings. The first-order chi connectivity index (χ1) is 6.18. The number of carbonyl (C=O) groups is 1. The summed E-state index contributed by atoms with van der Waals surface area (Å²) in [5.41, 5.74) is 10.3. The largest absolute Gasteiger partial charge is 0.370 e. The van der Waals surface area contributed by atoms with Gasteiger partial charge in [0, 0.05) is 19.0 Å². The molecule has 0 aliphatic heterocycles. The highest BCUT2D eigenvalue weighted by atomic mass is 16.1. The molecule has 0 aromatic heterocycles. The molecule has 0 heterocycles. The summed E-state index contributed by atoms with van der Waals surface area (Å²) in [7, 11) is 0. The zero-order chi connectivity index (χ0) is 9.68. The average Bonchev–Trinajstić information content (AvgIpc) is 2.81. The van der Waals surface area contributed by atoms with Crippen LogP contribution in [-0.4, -0.2) is 24.5 Å². The Balaban J connectivity index is 1.97. The molecule has 0 spiro atoms. The molecule has 5 heteroatoms. The SMILES string of the molecule is NC(N)=NCCCC(=O)NC1CC1. The van der Waals surface area contributed by atoms with Gasteiger partial charge in [-0.3, -0.25) is 9.79 Å². The van der Waals surface area contributed by atoms with Gasteiger partial charge in [0.25, 0.3) is 0 Å². The Morgan fingerprint density at radius 1 is 1.46 bits per heavy atom. The number of hydrogen-bond donors (Lipinski definition) is 3. The maximum Gasteiger partial charge on any atom is 0.220 e. The van der Waals surface area contributed by atoms with E-state index in [-0.39, 0.29) is 11.9 Å². The summed E-state index contributed by atoms with van der Waals surface area (Å²) in [6.45, 7) is 0.528. The molecule has 0 unspecified atom stereocenters. The van der Waals surface area contributed by atoms with Crippen LogP contribution in [0.4, 0.5) is 0 Å². The van der Waals surface area contributed by atoms with Crippen molar-refractivity contribution in [2.24, 2.45) is 16.5 Å². The molecule has 0 bridgehead atoms. The summed E-state index contributed by atoms with van der Waals surface area (Å²) in [6.07, 6.45) is 3.46. The van der Waals surface area contributed by atoms with Crippen molar-refractivity contribution in [2.45, 2.75) is 31.7 Å². The van der Waals surface area contributed by atoms with Gasteiger partial charge in [-0.1, -0.05) is 0 Å². The third-order valence-corrected chi connectivity index (χ3v) is 1.80. The zero-order valence-corrected chi connectivity index (χ0v) is 7.62. The van der Waals surface area contributed by atoms with Gasteiger partial charge in [0.15, 0.2) is 5.96 Å². The van der Waals surface area contributed by atoms with E-state index in [2.05, 4.69) is 10.3 Å². The molecule has 0 atom stereocenters. The van der Waals surface area contributed by atoms with E-state index in [4.69, 9.17) is 11.5 Å². The molecule has 1 aliphatic carbocycles. The standard InChI is InChI=1S/C8H16N4O/c9-8(10)11-5-1-2-7(13)12-6-3-4-6/h6H,1-5H2,(H,12,13)(H4,9,10,11). The highest BCUT2D eigenvalue weighted by Gasteiger charge is 2.22. The van der Waals surface area contributed by atoms with Crippen molar-refractivity contribution in [1.29, 1.82) is 0 Å². The second-order valence-electron chi connectivity index (χ2n) is 3.25. The topological polar surface area (TPSA) is 93.5 Å². The van der Waals surface area contributed by atoms with E-state index in [0.29, 0.717) is 25.4 Å². The Kier molecular flexibility index (Phi) is 3.54. The zero-order valence-electron chi connectivity index (χ0n) is 7.62. The summed E-state index contributed by atoms with van der Waals surface area (Å²) in [4.78, 5) is 14.9. The number of carbonyl (C=O) groups excluding carboxylic acids is 1. The fourth-order valence-electron chi connectivity index (χ4n) is 0.975. The van der Waals surface area contributed by atoms with Gasteiger partial charge >= 0.3 is 0 Å². The molecule has 74 valence electrons. The normalized spacial score (nSPS) is 15.1. The van der Waals surface area contributed by atoms with E-state index in [1.165, 1.54) is 0 Å². The summed E-state index contributed by atoms with van der Waals surface area (Å²) in [6, 6.07) is 0.440. The van der Waals surface area contributed by atoms with Crippen LogP contribution in [0.3, 0.4) is 0 Å². The first-order valence-corrected chi connectivity index (χ1v) is 4.53. The summed E-state index contributed by atoms with van der Waals surface area (Å²) in [5, 5.41) is 2.89. The number of amides is 1. The molecule has 0 aromatic rings. The lowest BCUT2D eigenvalue weighted by atomic mass is 10.3. The monoisotopic (exact) mass is 184 g/mol. The molecule has 0 saturated heterocycles. The minimum Gasteiger partial charge on any atom is -0.370 e. The molecule has 0 radical (unpaired) electrons. The lowest BCUT2D eigenvalue weighted by Gasteiger charge is -2.00. The molecule has 5 nitrogen and oxygen atoms in total. The molecule has 1 saturated carbocycles. The Labute approximate surface area is 77.6 Å². The van der Waals surface area contributed by atoms with Crippen molar-refractivity contribution in [3.05, 3.63) is 0 Å². The quantitative estimate of drug-likeness (QED) is 0.300. The van der Waals surface area contributed by atoms with Gasteiger partial charge in [0.05, 0.1) is 0 Å². The van der Waals surface area contributed by atoms with Crippen LogP contribution in [0.2, 0.25) is 0 Å². The first-order valence-electron chi connectivity index (χ1n) is 4.53. The van der Waals surface area contributed by atoms with E-state index >= 15 is 0 Å². The van der Waals surface area contributed by atoms with Crippen LogP contribution >= 0.6 is 0 Å². The van der Waals surface area contributed by atoms with Crippen LogP contribution < -0.4 is 16.8 Å². The number of guanidine groups is 1. The molecular formula is C8H16N4O. The average molecular weight is 184 g/mol. The number of nitrogens with two attached hydrogens (primary N) is 2. The van der Waals surface area contributed by atoms with E-state index in [9.17, 15) is 4.79 Å². The molecular weight excluding hydrogens is 168 g/mol. The van der Waals surface area contributed by atoms with E-state index in [1.807, 2.05) is 0 Å². The van der Waals surface area contributed by atoms with Gasteiger partial charge in [-0.05, 0) is 19.3 Å². The maximum atomic E-state index is 11.1. The predicted molar refractivity (Wildman–Crippen MR) is 51.1 cm³/mol. The summed E-state index contributed by atoms with van der Waals surface area (Å²) in [5.74, 6) is 0.191. The fourth-order valence-corrected chi connectivity index (χ4v) is 0.975. The third kappa shape index (κ3) is 5.05. The van der Waals surface area contributed by atoms with Crippen molar-refractivity contribution in [3.8, 4) is 0 Å². The van der Waals surface area contributed by atoms with Crippen LogP contribution in [0, 0.1) is 0 Å². The smallest absolute Gasteiger partial charge is 0.220 e. The van der Waals surface area contributed by atoms with Gasteiger partial charge in [0.1, 0.15) is 0 Å². The molecule has 1 rings (SSSR count). The van der Waals surface area contributed by atoms with Crippen molar-refractivity contribution in [3.63, 3.8) is 0 Å². The Bertz CT molecular complexity index is 206. The first kappa shape index (κ1) is 9.83. The van der Waals surface area contributed by atoms with Crippen molar-refractivity contribution in [2.75, 3.05) is 6.54 Å². The van der Waals surface area contributed by atoms with Crippen LogP contribution in [0.1, 0.15) is 25.7 Å². The Morgan fingerprint density at radius 3 is 2.69 bits per heavy atom. The lowest BCUT2D eigenvalue weighted by molar-refractivity contribution is -0.121. The highest BCUT2D eigenvalue weighted by molar-refractivity contribution is 5.77. The number of nitrogens with one attached hydrogen (secondary N) is 1. The number of aliphatic imine (C=N–C) groups is 1. The van der Waals surface area contributed by atoms with Crippen molar-refractivity contribution >= 4 is 11.9 Å². The van der Waals surface area contributed by atoms with Crippen LogP contribution in [-0.2, 0) is 4.79 Å². The molecule has 0 aromatic carbocycles. The van der Waals surface area contributed by atoms with E-state index in [1.54, 1.807) is 0 Å². The van der Waals surface area contributed by atoms with Gasteiger partial charge < -0.3 is 16.8 Å². The van der Waals surface area contributed by atoms with Gasteiger partial charge in [-0.25, -0.2) is 0 Å². The van der Waals surface area contributed by atoms with E-state index in [0.717, 1.165) is 12.8 Å². The number of rotatable bonds is 5. The fraction of sp³-hybridized carbons (Fsp3) is 0.750. The minimum absolute atomic E-state index is 0.0857. The second-order valence-corrected chi connectivity index (χ2v) is 3.25. The minimum atomic E-state index is 0.0857. The van der Waals surface area contributed by atoms with Crippen LogP contribution in [0.5, 0.6) is 0 Å². The number of hydrogen-bond acceptors (Lipinski definition) is 2. The molecule has 1 aliphatic rings. The molecule has 5 N–H and O–H groups in total. The highest BCUT2D eigenvalue weighted by Crippen LogP contribution is 2.18. The summed E-state index contributed by atoms with van der Waals surface area (Å²) >= 11 is 0. The van der Waals surface area contributed by atoms with Crippen LogP contribution in [0.15, 0.2) is 4.99 Å². The maximum absolute atomic E-state index is 11.1. The van der Waals surface area contributed by atoms with E-state index < -0.39 is 0 Å². The lowest BCUT2D eigenvalue weighted by Crippen LogP contribution is -2.25. The molecule has 1 amide bonds.